The summed E-state index contributed by atoms with van der Waals surface area (Å²) in [6.45, 7) is 2.73. The quantitative estimate of drug-likeness (QED) is 0.783. The molecule has 138 valence electrons. The Morgan fingerprint density at radius 3 is 2.50 bits per heavy atom. The van der Waals surface area contributed by atoms with Gasteiger partial charge in [0, 0.05) is 18.9 Å². The third-order valence-corrected chi connectivity index (χ3v) is 5.62. The molecule has 1 fully saturated rings. The third-order valence-electron chi connectivity index (χ3n) is 4.89. The molecule has 26 heavy (non-hydrogen) atoms. The first-order valence-electron chi connectivity index (χ1n) is 8.99. The van der Waals surface area contributed by atoms with Gasteiger partial charge in [-0.15, -0.1) is 0 Å². The topological polar surface area (TPSA) is 75.4 Å². The maximum Gasteiger partial charge on any atom is 0.240 e. The number of nitrogens with zero attached hydrogens (tertiary/aromatic N) is 1. The van der Waals surface area contributed by atoms with Gasteiger partial charge in [-0.2, -0.15) is 11.3 Å². The Balaban J connectivity index is 1.49. The number of piperidine rings is 1. The van der Waals surface area contributed by atoms with Crippen LogP contribution in [0.1, 0.15) is 24.0 Å². The molecule has 2 amide bonds. The van der Waals surface area contributed by atoms with Crippen LogP contribution in [0.3, 0.4) is 0 Å². The molecular weight excluding hydrogens is 346 g/mol. The molecule has 0 saturated carbocycles. The first-order valence-corrected chi connectivity index (χ1v) is 9.93. The number of hydrogen-bond donors (Lipinski definition) is 2. The molecule has 3 N–H and O–H groups in total. The molecule has 0 aliphatic carbocycles. The van der Waals surface area contributed by atoms with E-state index in [2.05, 4.69) is 27.0 Å². The number of carbonyl (C=O) groups excluding carboxylic acids is 2. The molecular formula is C20H25N3O2S. The summed E-state index contributed by atoms with van der Waals surface area (Å²) in [5, 5.41) is 7.12. The predicted octanol–water partition coefficient (Wildman–Crippen LogP) is 2.17. The van der Waals surface area contributed by atoms with E-state index >= 15 is 0 Å². The normalized spacial score (nSPS) is 16.9. The van der Waals surface area contributed by atoms with Crippen molar-refractivity contribution in [3.63, 3.8) is 0 Å². The third kappa shape index (κ3) is 5.16. The summed E-state index contributed by atoms with van der Waals surface area (Å²) < 4.78 is 0. The van der Waals surface area contributed by atoms with E-state index in [1.54, 1.807) is 11.3 Å². The maximum absolute atomic E-state index is 12.6. The van der Waals surface area contributed by atoms with Gasteiger partial charge in [0.1, 0.15) is 6.04 Å². The molecule has 3 rings (SSSR count). The lowest BCUT2D eigenvalue weighted by molar-refractivity contribution is -0.131. The molecule has 0 bridgehead atoms. The lowest BCUT2D eigenvalue weighted by Gasteiger charge is -2.31. The Morgan fingerprint density at radius 2 is 1.88 bits per heavy atom. The van der Waals surface area contributed by atoms with E-state index in [1.807, 2.05) is 30.3 Å². The molecule has 1 atom stereocenters. The molecule has 2 aromatic rings. The van der Waals surface area contributed by atoms with Crippen molar-refractivity contribution in [1.82, 2.24) is 10.2 Å². The van der Waals surface area contributed by atoms with Crippen LogP contribution in [0.4, 0.5) is 0 Å². The highest BCUT2D eigenvalue weighted by atomic mass is 32.1. The number of thiophene rings is 1. The highest BCUT2D eigenvalue weighted by Gasteiger charge is 2.28. The van der Waals surface area contributed by atoms with Gasteiger partial charge in [0.2, 0.25) is 11.8 Å². The zero-order chi connectivity index (χ0) is 18.4. The van der Waals surface area contributed by atoms with Crippen molar-refractivity contribution in [2.24, 2.45) is 11.7 Å². The summed E-state index contributed by atoms with van der Waals surface area (Å²) >= 11 is 1.71. The van der Waals surface area contributed by atoms with Gasteiger partial charge in [0.25, 0.3) is 0 Å². The van der Waals surface area contributed by atoms with Crippen LogP contribution in [-0.4, -0.2) is 35.8 Å². The molecule has 0 radical (unpaired) electrons. The van der Waals surface area contributed by atoms with E-state index in [9.17, 15) is 9.59 Å². The average molecular weight is 372 g/mol. The van der Waals surface area contributed by atoms with E-state index in [-0.39, 0.29) is 11.8 Å². The maximum atomic E-state index is 12.6. The van der Waals surface area contributed by atoms with Gasteiger partial charge in [-0.05, 0) is 53.9 Å². The minimum Gasteiger partial charge on any atom is -0.368 e. The fraction of sp³-hybridized carbons (Fsp3) is 0.400. The Hall–Kier alpha value is -2.18. The summed E-state index contributed by atoms with van der Waals surface area (Å²) in [4.78, 5) is 26.7. The molecule has 2 heterocycles. The summed E-state index contributed by atoms with van der Waals surface area (Å²) in [6.07, 6.45) is 2.05. The van der Waals surface area contributed by atoms with Crippen molar-refractivity contribution < 1.29 is 9.59 Å². The largest absolute Gasteiger partial charge is 0.368 e. The molecule has 1 saturated heterocycles. The summed E-state index contributed by atoms with van der Waals surface area (Å²) in [5.41, 5.74) is 7.82. The second-order valence-corrected chi connectivity index (χ2v) is 7.62. The second kappa shape index (κ2) is 8.96. The Kier molecular flexibility index (Phi) is 6.41. The van der Waals surface area contributed by atoms with Gasteiger partial charge in [-0.1, -0.05) is 30.3 Å². The molecule has 5 nitrogen and oxygen atoms in total. The summed E-state index contributed by atoms with van der Waals surface area (Å²) in [6, 6.07) is 11.1. The smallest absolute Gasteiger partial charge is 0.240 e. The van der Waals surface area contributed by atoms with Crippen LogP contribution in [-0.2, 0) is 22.6 Å². The fourth-order valence-electron chi connectivity index (χ4n) is 3.36. The number of hydrogen-bond acceptors (Lipinski definition) is 4. The van der Waals surface area contributed by atoms with Gasteiger partial charge in [0.15, 0.2) is 0 Å². The lowest BCUT2D eigenvalue weighted by atomic mass is 9.94. The fourth-order valence-corrected chi connectivity index (χ4v) is 4.02. The van der Waals surface area contributed by atoms with Crippen LogP contribution in [0, 0.1) is 5.92 Å². The number of primary amides is 1. The van der Waals surface area contributed by atoms with Crippen LogP contribution >= 0.6 is 11.3 Å². The van der Waals surface area contributed by atoms with Crippen LogP contribution < -0.4 is 11.1 Å². The van der Waals surface area contributed by atoms with Crippen molar-refractivity contribution >= 4 is 23.2 Å². The zero-order valence-electron chi connectivity index (χ0n) is 14.8. The molecule has 1 aliphatic rings. The molecule has 1 aromatic carbocycles. The number of carbonyl (C=O) groups is 2. The minimum absolute atomic E-state index is 0.0497. The van der Waals surface area contributed by atoms with Crippen LogP contribution in [0.25, 0.3) is 0 Å². The molecule has 1 aromatic heterocycles. The number of benzene rings is 1. The van der Waals surface area contributed by atoms with Crippen molar-refractivity contribution in [2.75, 3.05) is 13.1 Å². The van der Waals surface area contributed by atoms with E-state index in [4.69, 9.17) is 5.73 Å². The highest BCUT2D eigenvalue weighted by molar-refractivity contribution is 7.07. The highest BCUT2D eigenvalue weighted by Crippen LogP contribution is 2.20. The van der Waals surface area contributed by atoms with Crippen LogP contribution in [0.2, 0.25) is 0 Å². The number of likely N-dealkylation sites (tertiary alicyclic amines) is 1. The molecule has 0 unspecified atom stereocenters. The minimum atomic E-state index is -0.659. The monoisotopic (exact) mass is 371 g/mol. The second-order valence-electron chi connectivity index (χ2n) is 6.84. The Morgan fingerprint density at radius 1 is 1.15 bits per heavy atom. The standard InChI is InChI=1S/C20H25N3O2S/c21-19(24)18(12-15-4-2-1-3-5-15)22-20(25)17-6-9-23(10-7-17)13-16-8-11-26-14-16/h1-5,8,11,14,17-18H,6-7,9-10,12-13H2,(H2,21,24)(H,22,25)/t18-/m0/s1. The van der Waals surface area contributed by atoms with Gasteiger partial charge >= 0.3 is 0 Å². The van der Waals surface area contributed by atoms with Crippen LogP contribution in [0.5, 0.6) is 0 Å². The number of amides is 2. The van der Waals surface area contributed by atoms with Gasteiger partial charge in [-0.3, -0.25) is 14.5 Å². The van der Waals surface area contributed by atoms with E-state index in [0.29, 0.717) is 6.42 Å². The predicted molar refractivity (Wildman–Crippen MR) is 104 cm³/mol. The first-order chi connectivity index (χ1) is 12.6. The molecule has 0 spiro atoms. The lowest BCUT2D eigenvalue weighted by Crippen LogP contribution is -2.49. The first kappa shape index (κ1) is 18.6. The van der Waals surface area contributed by atoms with E-state index in [1.165, 1.54) is 5.56 Å². The summed E-state index contributed by atoms with van der Waals surface area (Å²) in [5.74, 6) is -0.594. The number of rotatable bonds is 7. The van der Waals surface area contributed by atoms with Crippen molar-refractivity contribution in [2.45, 2.75) is 31.8 Å². The summed E-state index contributed by atoms with van der Waals surface area (Å²) in [7, 11) is 0. The Bertz CT molecular complexity index is 710. The van der Waals surface area contributed by atoms with Crippen LogP contribution in [0.15, 0.2) is 47.2 Å². The van der Waals surface area contributed by atoms with Crippen molar-refractivity contribution in [3.05, 3.63) is 58.3 Å². The SMILES string of the molecule is NC(=O)[C@H](Cc1ccccc1)NC(=O)C1CCN(Cc2ccsc2)CC1. The van der Waals surface area contributed by atoms with Crippen molar-refractivity contribution in [1.29, 1.82) is 0 Å². The molecule has 6 heteroatoms. The van der Waals surface area contributed by atoms with E-state index < -0.39 is 11.9 Å². The van der Waals surface area contributed by atoms with Gasteiger partial charge in [0.05, 0.1) is 0 Å². The van der Waals surface area contributed by atoms with Gasteiger partial charge < -0.3 is 11.1 Å². The number of nitrogens with one attached hydrogen (secondary N) is 1. The van der Waals surface area contributed by atoms with Gasteiger partial charge in [-0.25, -0.2) is 0 Å². The Labute approximate surface area is 158 Å². The number of nitrogens with two attached hydrogens (primary N) is 1. The van der Waals surface area contributed by atoms with E-state index in [0.717, 1.165) is 38.0 Å². The van der Waals surface area contributed by atoms with Crippen molar-refractivity contribution in [3.8, 4) is 0 Å². The average Bonchev–Trinajstić information content (AvgIpc) is 3.15. The molecule has 1 aliphatic heterocycles. The zero-order valence-corrected chi connectivity index (χ0v) is 15.6.